The van der Waals surface area contributed by atoms with Crippen LogP contribution in [0.25, 0.3) is 0 Å². The average Bonchev–Trinajstić information content (AvgIpc) is 3.01. The van der Waals surface area contributed by atoms with Gasteiger partial charge in [0.25, 0.3) is 11.8 Å². The van der Waals surface area contributed by atoms with Crippen LogP contribution in [0, 0.1) is 0 Å². The fraction of sp³-hybridized carbons (Fsp3) is 0.143. The number of carbonyl (C=O) groups excluding carboxylic acids is 2. The van der Waals surface area contributed by atoms with Crippen LogP contribution >= 0.6 is 15.9 Å². The quantitative estimate of drug-likeness (QED) is 0.736. The molecule has 0 unspecified atom stereocenters. The van der Waals surface area contributed by atoms with E-state index in [1.54, 1.807) is 37.4 Å². The van der Waals surface area contributed by atoms with Gasteiger partial charge < -0.3 is 9.72 Å². The number of benzene rings is 1. The van der Waals surface area contributed by atoms with Crippen molar-refractivity contribution in [2.75, 3.05) is 0 Å². The van der Waals surface area contributed by atoms with E-state index in [1.807, 2.05) is 12.1 Å². The van der Waals surface area contributed by atoms with Gasteiger partial charge in [0.05, 0.1) is 0 Å². The number of ether oxygens (including phenoxy) is 1. The van der Waals surface area contributed by atoms with E-state index in [2.05, 4.69) is 31.8 Å². The normalized spacial score (nSPS) is 11.5. The maximum absolute atomic E-state index is 11.8. The van der Waals surface area contributed by atoms with Crippen LogP contribution in [0.2, 0.25) is 0 Å². The first-order valence-corrected chi connectivity index (χ1v) is 7.01. The molecule has 0 aliphatic heterocycles. The van der Waals surface area contributed by atoms with E-state index in [1.165, 1.54) is 0 Å². The van der Waals surface area contributed by atoms with E-state index < -0.39 is 17.9 Å². The third kappa shape index (κ3) is 4.35. The molecule has 2 rings (SSSR count). The maximum Gasteiger partial charge on any atom is 0.286 e. The van der Waals surface area contributed by atoms with Crippen molar-refractivity contribution in [2.45, 2.75) is 13.0 Å². The predicted octanol–water partition coefficient (Wildman–Crippen LogP) is 2.01. The van der Waals surface area contributed by atoms with Gasteiger partial charge >= 0.3 is 0 Å². The van der Waals surface area contributed by atoms with Crippen LogP contribution < -0.4 is 15.6 Å². The number of aromatic amines is 1. The van der Waals surface area contributed by atoms with Gasteiger partial charge in [-0.3, -0.25) is 20.4 Å². The van der Waals surface area contributed by atoms with Crippen molar-refractivity contribution in [2.24, 2.45) is 0 Å². The number of hydrazine groups is 1. The number of H-pyrrole nitrogens is 1. The minimum Gasteiger partial charge on any atom is -0.481 e. The molecule has 0 radical (unpaired) electrons. The monoisotopic (exact) mass is 351 g/mol. The molecule has 0 fully saturated rings. The van der Waals surface area contributed by atoms with E-state index in [9.17, 15) is 9.59 Å². The van der Waals surface area contributed by atoms with Gasteiger partial charge in [0.15, 0.2) is 6.10 Å². The average molecular weight is 352 g/mol. The van der Waals surface area contributed by atoms with Crippen molar-refractivity contribution in [3.8, 4) is 5.75 Å². The Labute approximate surface area is 130 Å². The lowest BCUT2D eigenvalue weighted by Crippen LogP contribution is -2.47. The lowest BCUT2D eigenvalue weighted by molar-refractivity contribution is -0.128. The molecule has 0 aliphatic carbocycles. The summed E-state index contributed by atoms with van der Waals surface area (Å²) in [4.78, 5) is 26.2. The Morgan fingerprint density at radius 1 is 1.19 bits per heavy atom. The zero-order valence-corrected chi connectivity index (χ0v) is 12.8. The molecule has 3 N–H and O–H groups in total. The Morgan fingerprint density at radius 2 is 1.90 bits per heavy atom. The van der Waals surface area contributed by atoms with E-state index in [-0.39, 0.29) is 0 Å². The minimum atomic E-state index is -0.741. The van der Waals surface area contributed by atoms with Crippen LogP contribution in [0.3, 0.4) is 0 Å². The Kier molecular flexibility index (Phi) is 4.99. The molecule has 1 heterocycles. The Balaban J connectivity index is 1.82. The zero-order chi connectivity index (χ0) is 15.2. The molecule has 21 heavy (non-hydrogen) atoms. The van der Waals surface area contributed by atoms with Gasteiger partial charge in [-0.25, -0.2) is 0 Å². The van der Waals surface area contributed by atoms with Crippen molar-refractivity contribution in [1.29, 1.82) is 0 Å². The molecule has 0 saturated carbocycles. The first kappa shape index (κ1) is 15.1. The molecule has 2 aromatic rings. The summed E-state index contributed by atoms with van der Waals surface area (Å²) in [6.45, 7) is 1.60. The van der Waals surface area contributed by atoms with Gasteiger partial charge in [-0.2, -0.15) is 0 Å². The van der Waals surface area contributed by atoms with Crippen LogP contribution in [0.15, 0.2) is 47.1 Å². The molecule has 7 heteroatoms. The predicted molar refractivity (Wildman–Crippen MR) is 80.6 cm³/mol. The molecule has 0 saturated heterocycles. The van der Waals surface area contributed by atoms with Crippen LogP contribution in [-0.4, -0.2) is 22.9 Å². The lowest BCUT2D eigenvalue weighted by Gasteiger charge is -2.15. The summed E-state index contributed by atoms with van der Waals surface area (Å²) >= 11 is 3.31. The molecule has 0 aliphatic rings. The number of carbonyl (C=O) groups is 2. The molecule has 1 aromatic heterocycles. The summed E-state index contributed by atoms with van der Waals surface area (Å²) in [7, 11) is 0. The number of hydrogen-bond donors (Lipinski definition) is 3. The molecule has 110 valence electrons. The fourth-order valence-corrected chi connectivity index (χ4v) is 1.79. The first-order valence-electron chi connectivity index (χ1n) is 6.22. The molecule has 0 bridgehead atoms. The lowest BCUT2D eigenvalue weighted by atomic mass is 10.3. The highest BCUT2D eigenvalue weighted by Crippen LogP contribution is 2.17. The third-order valence-corrected chi connectivity index (χ3v) is 3.17. The number of rotatable bonds is 4. The van der Waals surface area contributed by atoms with Crippen LogP contribution in [0.4, 0.5) is 0 Å². The van der Waals surface area contributed by atoms with Crippen molar-refractivity contribution in [1.82, 2.24) is 15.8 Å². The number of amides is 2. The van der Waals surface area contributed by atoms with Gasteiger partial charge in [-0.15, -0.1) is 0 Å². The van der Waals surface area contributed by atoms with Crippen molar-refractivity contribution < 1.29 is 14.3 Å². The van der Waals surface area contributed by atoms with Gasteiger partial charge in [0.1, 0.15) is 11.4 Å². The maximum atomic E-state index is 11.8. The first-order chi connectivity index (χ1) is 10.1. The molecule has 1 aromatic carbocycles. The molecule has 2 amide bonds. The number of nitrogens with one attached hydrogen (secondary N) is 3. The second-order valence-electron chi connectivity index (χ2n) is 4.24. The standard InChI is InChI=1S/C14H14BrN3O3/c1-9(21-11-6-4-10(15)5-7-11)13(19)17-18-14(20)12-3-2-8-16-12/h2-9,16H,1H3,(H,17,19)(H,18,20)/t9-/m1/s1. The summed E-state index contributed by atoms with van der Waals surface area (Å²) in [5.41, 5.74) is 4.97. The summed E-state index contributed by atoms with van der Waals surface area (Å²) in [5.74, 6) is -0.307. The molecular weight excluding hydrogens is 338 g/mol. The second-order valence-corrected chi connectivity index (χ2v) is 5.16. The van der Waals surface area contributed by atoms with Crippen LogP contribution in [0.1, 0.15) is 17.4 Å². The molecular formula is C14H14BrN3O3. The smallest absolute Gasteiger partial charge is 0.286 e. The fourth-order valence-electron chi connectivity index (χ4n) is 1.53. The zero-order valence-electron chi connectivity index (χ0n) is 11.2. The van der Waals surface area contributed by atoms with Gasteiger partial charge in [0.2, 0.25) is 0 Å². The number of halogens is 1. The molecule has 1 atom stereocenters. The molecule has 6 nitrogen and oxygen atoms in total. The van der Waals surface area contributed by atoms with Gasteiger partial charge in [-0.1, -0.05) is 15.9 Å². The minimum absolute atomic E-state index is 0.358. The summed E-state index contributed by atoms with van der Waals surface area (Å²) in [6, 6.07) is 10.4. The van der Waals surface area contributed by atoms with E-state index >= 15 is 0 Å². The highest BCUT2D eigenvalue weighted by molar-refractivity contribution is 9.10. The Bertz CT molecular complexity index is 611. The van der Waals surface area contributed by atoms with Crippen LogP contribution in [0.5, 0.6) is 5.75 Å². The highest BCUT2D eigenvalue weighted by Gasteiger charge is 2.16. The van der Waals surface area contributed by atoms with Crippen molar-refractivity contribution in [3.63, 3.8) is 0 Å². The Morgan fingerprint density at radius 3 is 2.52 bits per heavy atom. The molecule has 0 spiro atoms. The van der Waals surface area contributed by atoms with Gasteiger partial charge in [0, 0.05) is 10.7 Å². The second kappa shape index (κ2) is 6.94. The van der Waals surface area contributed by atoms with Crippen molar-refractivity contribution in [3.05, 3.63) is 52.8 Å². The topological polar surface area (TPSA) is 83.2 Å². The van der Waals surface area contributed by atoms with E-state index in [4.69, 9.17) is 4.74 Å². The highest BCUT2D eigenvalue weighted by atomic mass is 79.9. The number of aromatic nitrogens is 1. The summed E-state index contributed by atoms with van der Waals surface area (Å²) in [5, 5.41) is 0. The third-order valence-electron chi connectivity index (χ3n) is 2.64. The van der Waals surface area contributed by atoms with Gasteiger partial charge in [-0.05, 0) is 43.3 Å². The SMILES string of the molecule is C[C@@H](Oc1ccc(Br)cc1)C(=O)NNC(=O)c1ccc[nH]1. The van der Waals surface area contributed by atoms with E-state index in [0.717, 1.165) is 4.47 Å². The number of hydrogen-bond acceptors (Lipinski definition) is 3. The largest absolute Gasteiger partial charge is 0.481 e. The Hall–Kier alpha value is -2.28. The van der Waals surface area contributed by atoms with Crippen molar-refractivity contribution >= 4 is 27.7 Å². The van der Waals surface area contributed by atoms with Crippen LogP contribution in [-0.2, 0) is 4.79 Å². The van der Waals surface area contributed by atoms with E-state index in [0.29, 0.717) is 11.4 Å². The summed E-state index contributed by atoms with van der Waals surface area (Å²) in [6.07, 6.45) is 0.880. The summed E-state index contributed by atoms with van der Waals surface area (Å²) < 4.78 is 6.38.